The van der Waals surface area contributed by atoms with Gasteiger partial charge in [0.2, 0.25) is 0 Å². The minimum absolute atomic E-state index is 0.0735. The number of rotatable bonds is 2. The molecule has 0 unspecified atom stereocenters. The molecule has 0 heterocycles. The molecule has 1 N–H and O–H groups in total. The van der Waals surface area contributed by atoms with Crippen molar-refractivity contribution in [1.29, 1.82) is 0 Å². The summed E-state index contributed by atoms with van der Waals surface area (Å²) >= 11 is 0. The van der Waals surface area contributed by atoms with E-state index in [1.165, 1.54) is 11.1 Å². The molecule has 0 radical (unpaired) electrons. The molecule has 0 aliphatic heterocycles. The molecule has 1 aromatic carbocycles. The molecule has 0 bridgehead atoms. The molecule has 0 atom stereocenters. The Kier molecular flexibility index (Phi) is 3.48. The van der Waals surface area contributed by atoms with E-state index >= 15 is 0 Å². The molecule has 14 heavy (non-hydrogen) atoms. The highest BCUT2D eigenvalue weighted by Crippen LogP contribution is 2.33. The van der Waals surface area contributed by atoms with Crippen LogP contribution in [0.3, 0.4) is 0 Å². The van der Waals surface area contributed by atoms with Gasteiger partial charge in [0.15, 0.2) is 0 Å². The lowest BCUT2D eigenvalue weighted by atomic mass is 9.82. The van der Waals surface area contributed by atoms with Crippen molar-refractivity contribution in [2.24, 2.45) is 5.41 Å². The van der Waals surface area contributed by atoms with Gasteiger partial charge in [-0.3, -0.25) is 0 Å². The quantitative estimate of drug-likeness (QED) is 0.759. The fourth-order valence-corrected chi connectivity index (χ4v) is 1.57. The zero-order valence-corrected chi connectivity index (χ0v) is 9.12. The van der Waals surface area contributed by atoms with E-state index in [1.807, 2.05) is 24.3 Å². The fourth-order valence-electron chi connectivity index (χ4n) is 1.57. The van der Waals surface area contributed by atoms with Gasteiger partial charge >= 0.3 is 0 Å². The first kappa shape index (κ1) is 11.0. The van der Waals surface area contributed by atoms with Crippen LogP contribution in [0.1, 0.15) is 26.3 Å². The Bertz CT molecular complexity index is 304. The summed E-state index contributed by atoms with van der Waals surface area (Å²) < 4.78 is 0. The first-order valence-corrected chi connectivity index (χ1v) is 4.92. The first-order chi connectivity index (χ1) is 6.55. The molecular weight excluding hydrogens is 172 g/mol. The third-order valence-electron chi connectivity index (χ3n) is 2.19. The van der Waals surface area contributed by atoms with E-state index in [-0.39, 0.29) is 12.0 Å². The molecule has 1 heteroatoms. The molecule has 76 valence electrons. The molecule has 0 aliphatic rings. The number of hydrogen-bond donors (Lipinski definition) is 1. The average molecular weight is 190 g/mol. The van der Waals surface area contributed by atoms with Gasteiger partial charge in [-0.15, -0.1) is 0 Å². The molecule has 0 fully saturated rings. The van der Waals surface area contributed by atoms with E-state index in [0.29, 0.717) is 0 Å². The summed E-state index contributed by atoms with van der Waals surface area (Å²) in [5.41, 5.74) is 2.46. The van der Waals surface area contributed by atoms with Gasteiger partial charge in [-0.05, 0) is 16.6 Å². The summed E-state index contributed by atoms with van der Waals surface area (Å²) in [6, 6.07) is 10.2. The maximum atomic E-state index is 8.98. The molecule has 0 aliphatic carbocycles. The third kappa shape index (κ3) is 2.71. The van der Waals surface area contributed by atoms with Crippen LogP contribution in [-0.4, -0.2) is 11.7 Å². The highest BCUT2D eigenvalue weighted by molar-refractivity contribution is 5.69. The van der Waals surface area contributed by atoms with E-state index in [2.05, 4.69) is 32.9 Å². The zero-order valence-electron chi connectivity index (χ0n) is 9.12. The monoisotopic (exact) mass is 190 g/mol. The van der Waals surface area contributed by atoms with Crippen LogP contribution >= 0.6 is 0 Å². The zero-order chi connectivity index (χ0) is 10.6. The minimum Gasteiger partial charge on any atom is -0.392 e. The Morgan fingerprint density at radius 2 is 1.79 bits per heavy atom. The number of allylic oxidation sites excluding steroid dienone is 1. The molecule has 0 amide bonds. The predicted molar refractivity (Wildman–Crippen MR) is 61.0 cm³/mol. The van der Waals surface area contributed by atoms with Crippen molar-refractivity contribution < 1.29 is 5.11 Å². The summed E-state index contributed by atoms with van der Waals surface area (Å²) in [5, 5.41) is 8.98. The second kappa shape index (κ2) is 4.43. The van der Waals surface area contributed by atoms with Gasteiger partial charge in [-0.2, -0.15) is 0 Å². The van der Waals surface area contributed by atoms with Crippen LogP contribution in [0.2, 0.25) is 0 Å². The Labute approximate surface area is 86.1 Å². The molecule has 1 rings (SSSR count). The van der Waals surface area contributed by atoms with E-state index < -0.39 is 0 Å². The minimum atomic E-state index is 0.0735. The van der Waals surface area contributed by atoms with Gasteiger partial charge in [0.05, 0.1) is 6.61 Å². The maximum absolute atomic E-state index is 8.98. The average Bonchev–Trinajstić information content (AvgIpc) is 2.14. The summed E-state index contributed by atoms with van der Waals surface area (Å²) in [6.07, 6.45) is 1.88. The van der Waals surface area contributed by atoms with Gasteiger partial charge in [-0.25, -0.2) is 0 Å². The molecule has 1 nitrogen and oxygen atoms in total. The molecule has 0 aromatic heterocycles. The Hall–Kier alpha value is -1.08. The summed E-state index contributed by atoms with van der Waals surface area (Å²) in [5.74, 6) is 0. The highest BCUT2D eigenvalue weighted by Gasteiger charge is 2.17. The van der Waals surface area contributed by atoms with Crippen LogP contribution in [0.25, 0.3) is 5.57 Å². The van der Waals surface area contributed by atoms with Crippen LogP contribution in [-0.2, 0) is 0 Å². The molecule has 0 saturated carbocycles. The molecule has 0 spiro atoms. The van der Waals surface area contributed by atoms with Gasteiger partial charge in [0.1, 0.15) is 0 Å². The fraction of sp³-hybridized carbons (Fsp3) is 0.385. The first-order valence-electron chi connectivity index (χ1n) is 4.92. The van der Waals surface area contributed by atoms with Crippen molar-refractivity contribution in [1.82, 2.24) is 0 Å². The number of aliphatic hydroxyl groups is 1. The van der Waals surface area contributed by atoms with Crippen LogP contribution in [0, 0.1) is 5.41 Å². The van der Waals surface area contributed by atoms with Crippen molar-refractivity contribution in [3.63, 3.8) is 0 Å². The van der Waals surface area contributed by atoms with E-state index in [0.717, 1.165) is 0 Å². The lowest BCUT2D eigenvalue weighted by Crippen LogP contribution is -2.09. The number of aliphatic hydroxyl groups excluding tert-OH is 1. The van der Waals surface area contributed by atoms with Crippen LogP contribution in [0.5, 0.6) is 0 Å². The normalized spacial score (nSPS) is 13.0. The van der Waals surface area contributed by atoms with Crippen molar-refractivity contribution >= 4 is 5.57 Å². The van der Waals surface area contributed by atoms with E-state index in [9.17, 15) is 0 Å². The van der Waals surface area contributed by atoms with Gasteiger partial charge in [0.25, 0.3) is 0 Å². The Morgan fingerprint density at radius 1 is 1.21 bits per heavy atom. The van der Waals surface area contributed by atoms with Crippen molar-refractivity contribution in [3.8, 4) is 0 Å². The van der Waals surface area contributed by atoms with Gasteiger partial charge < -0.3 is 5.11 Å². The predicted octanol–water partition coefficient (Wildman–Crippen LogP) is 3.11. The van der Waals surface area contributed by atoms with Crippen molar-refractivity contribution in [2.45, 2.75) is 20.8 Å². The molecule has 0 saturated heterocycles. The smallest absolute Gasteiger partial charge is 0.0618 e. The lowest BCUT2D eigenvalue weighted by molar-refractivity contribution is 0.341. The second-order valence-corrected chi connectivity index (χ2v) is 4.42. The highest BCUT2D eigenvalue weighted by atomic mass is 16.2. The Morgan fingerprint density at radius 3 is 2.21 bits per heavy atom. The number of benzene rings is 1. The summed E-state index contributed by atoms with van der Waals surface area (Å²) in [4.78, 5) is 0. The topological polar surface area (TPSA) is 20.2 Å². The standard InChI is InChI=1S/C13H18O/c1-13(2,3)12(9-10-14)11-7-5-4-6-8-11/h4-9,14H,10H2,1-3H3/b12-9-. The SMILES string of the molecule is CC(C)(C)/C(=C\CO)c1ccccc1. The summed E-state index contributed by atoms with van der Waals surface area (Å²) in [6.45, 7) is 6.56. The largest absolute Gasteiger partial charge is 0.392 e. The van der Waals surface area contributed by atoms with Crippen LogP contribution in [0.15, 0.2) is 36.4 Å². The van der Waals surface area contributed by atoms with Gasteiger partial charge in [-0.1, -0.05) is 57.2 Å². The second-order valence-electron chi connectivity index (χ2n) is 4.42. The van der Waals surface area contributed by atoms with Crippen molar-refractivity contribution in [2.75, 3.05) is 6.61 Å². The van der Waals surface area contributed by atoms with Crippen LogP contribution < -0.4 is 0 Å². The van der Waals surface area contributed by atoms with E-state index in [4.69, 9.17) is 5.11 Å². The van der Waals surface area contributed by atoms with Crippen molar-refractivity contribution in [3.05, 3.63) is 42.0 Å². The van der Waals surface area contributed by atoms with E-state index in [1.54, 1.807) is 0 Å². The molecular formula is C13H18O. The number of hydrogen-bond acceptors (Lipinski definition) is 1. The summed E-state index contributed by atoms with van der Waals surface area (Å²) in [7, 11) is 0. The lowest BCUT2D eigenvalue weighted by Gasteiger charge is -2.23. The van der Waals surface area contributed by atoms with Crippen LogP contribution in [0.4, 0.5) is 0 Å². The Balaban J connectivity index is 3.09. The maximum Gasteiger partial charge on any atom is 0.0618 e. The third-order valence-corrected chi connectivity index (χ3v) is 2.19. The molecule has 1 aromatic rings. The van der Waals surface area contributed by atoms with Gasteiger partial charge in [0, 0.05) is 0 Å².